The van der Waals surface area contributed by atoms with E-state index in [1.807, 2.05) is 0 Å². The van der Waals surface area contributed by atoms with Crippen LogP contribution in [0.1, 0.15) is 46.0 Å². The van der Waals surface area contributed by atoms with E-state index in [4.69, 9.17) is 5.11 Å². The second-order valence-corrected chi connectivity index (χ2v) is 4.61. The van der Waals surface area contributed by atoms with Gasteiger partial charge in [-0.3, -0.25) is 14.4 Å². The van der Waals surface area contributed by atoms with E-state index in [0.29, 0.717) is 19.0 Å². The molecule has 0 radical (unpaired) electrons. The number of aromatic hydroxyl groups is 2. The first-order valence-electron chi connectivity index (χ1n) is 6.26. The third kappa shape index (κ3) is 4.17. The van der Waals surface area contributed by atoms with Gasteiger partial charge >= 0.3 is 5.97 Å². The van der Waals surface area contributed by atoms with Gasteiger partial charge in [-0.15, -0.1) is 0 Å². The molecule has 1 aromatic carbocycles. The molecule has 0 aliphatic rings. The number of carboxylic acid groups (broad SMARTS) is 1. The lowest BCUT2D eigenvalue weighted by Crippen LogP contribution is -1.97. The Kier molecular flexibility index (Phi) is 5.66. The fourth-order valence-electron chi connectivity index (χ4n) is 1.84. The molecule has 1 aromatic rings. The van der Waals surface area contributed by atoms with Crippen molar-refractivity contribution in [3.05, 3.63) is 34.4 Å². The van der Waals surface area contributed by atoms with E-state index in [1.165, 1.54) is 6.07 Å². The predicted octanol–water partition coefficient (Wildman–Crippen LogP) is 2.08. The van der Waals surface area contributed by atoms with Crippen LogP contribution < -0.4 is 0 Å². The minimum atomic E-state index is -0.901. The SMILES string of the molecule is CC(=CCc1cc(O)c(C=O)c(C=O)c1O)CCC(=O)O. The molecule has 21 heavy (non-hydrogen) atoms. The Morgan fingerprint density at radius 1 is 1.14 bits per heavy atom. The topological polar surface area (TPSA) is 112 Å². The van der Waals surface area contributed by atoms with Gasteiger partial charge in [-0.05, 0) is 25.8 Å². The molecule has 0 fully saturated rings. The largest absolute Gasteiger partial charge is 0.507 e. The fraction of sp³-hybridized carbons (Fsp3) is 0.267. The number of hydrogen-bond donors (Lipinski definition) is 3. The Morgan fingerprint density at radius 3 is 2.29 bits per heavy atom. The summed E-state index contributed by atoms with van der Waals surface area (Å²) in [7, 11) is 0. The lowest BCUT2D eigenvalue weighted by atomic mass is 9.99. The van der Waals surface area contributed by atoms with Gasteiger partial charge in [0.25, 0.3) is 0 Å². The summed E-state index contributed by atoms with van der Waals surface area (Å²) in [5.41, 5.74) is 0.590. The van der Waals surface area contributed by atoms with Gasteiger partial charge in [-0.1, -0.05) is 11.6 Å². The van der Waals surface area contributed by atoms with Crippen LogP contribution in [-0.4, -0.2) is 33.9 Å². The van der Waals surface area contributed by atoms with Crippen LogP contribution >= 0.6 is 0 Å². The molecule has 0 aliphatic carbocycles. The van der Waals surface area contributed by atoms with Crippen LogP contribution in [0.5, 0.6) is 11.5 Å². The van der Waals surface area contributed by atoms with Crippen LogP contribution in [0.4, 0.5) is 0 Å². The van der Waals surface area contributed by atoms with E-state index in [0.717, 1.165) is 5.57 Å². The van der Waals surface area contributed by atoms with E-state index in [1.54, 1.807) is 13.0 Å². The number of hydrogen-bond acceptors (Lipinski definition) is 5. The normalized spacial score (nSPS) is 11.2. The lowest BCUT2D eigenvalue weighted by Gasteiger charge is -2.09. The average molecular weight is 292 g/mol. The molecular weight excluding hydrogens is 276 g/mol. The Labute approximate surface area is 121 Å². The summed E-state index contributed by atoms with van der Waals surface area (Å²) in [5.74, 6) is -1.63. The summed E-state index contributed by atoms with van der Waals surface area (Å²) >= 11 is 0. The van der Waals surface area contributed by atoms with Crippen molar-refractivity contribution in [1.29, 1.82) is 0 Å². The van der Waals surface area contributed by atoms with Gasteiger partial charge in [0.15, 0.2) is 12.6 Å². The van der Waals surface area contributed by atoms with Crippen molar-refractivity contribution in [3.63, 3.8) is 0 Å². The fourth-order valence-corrected chi connectivity index (χ4v) is 1.84. The van der Waals surface area contributed by atoms with Crippen molar-refractivity contribution >= 4 is 18.5 Å². The molecule has 3 N–H and O–H groups in total. The Balaban J connectivity index is 3.02. The number of allylic oxidation sites excluding steroid dienone is 2. The minimum absolute atomic E-state index is 0.00321. The molecule has 6 heteroatoms. The van der Waals surface area contributed by atoms with Crippen molar-refractivity contribution in [2.75, 3.05) is 0 Å². The Morgan fingerprint density at radius 2 is 1.76 bits per heavy atom. The van der Waals surface area contributed by atoms with Crippen molar-refractivity contribution in [3.8, 4) is 11.5 Å². The molecule has 0 atom stereocenters. The molecule has 0 saturated carbocycles. The Hall–Kier alpha value is -2.63. The zero-order valence-corrected chi connectivity index (χ0v) is 11.5. The maximum Gasteiger partial charge on any atom is 0.303 e. The van der Waals surface area contributed by atoms with Crippen LogP contribution in [0.2, 0.25) is 0 Å². The van der Waals surface area contributed by atoms with Crippen molar-refractivity contribution in [1.82, 2.24) is 0 Å². The zero-order valence-electron chi connectivity index (χ0n) is 11.5. The summed E-state index contributed by atoms with van der Waals surface area (Å²) in [4.78, 5) is 32.2. The average Bonchev–Trinajstić information content (AvgIpc) is 2.44. The second-order valence-electron chi connectivity index (χ2n) is 4.61. The highest BCUT2D eigenvalue weighted by molar-refractivity contribution is 5.96. The van der Waals surface area contributed by atoms with Crippen LogP contribution in [0.15, 0.2) is 17.7 Å². The number of phenolic OH excluding ortho intramolecular Hbond substituents is 2. The molecule has 0 saturated heterocycles. The molecule has 0 aromatic heterocycles. The molecule has 0 heterocycles. The summed E-state index contributed by atoms with van der Waals surface area (Å²) in [6, 6.07) is 1.22. The first-order chi connectivity index (χ1) is 9.90. The third-order valence-electron chi connectivity index (χ3n) is 3.08. The molecule has 0 aliphatic heterocycles. The van der Waals surface area contributed by atoms with Crippen molar-refractivity contribution in [2.45, 2.75) is 26.2 Å². The van der Waals surface area contributed by atoms with Crippen molar-refractivity contribution in [2.24, 2.45) is 0 Å². The van der Waals surface area contributed by atoms with Gasteiger partial charge in [0, 0.05) is 12.0 Å². The second kappa shape index (κ2) is 7.23. The first kappa shape index (κ1) is 16.4. The van der Waals surface area contributed by atoms with Gasteiger partial charge in [-0.2, -0.15) is 0 Å². The number of aldehydes is 2. The third-order valence-corrected chi connectivity index (χ3v) is 3.08. The molecule has 6 nitrogen and oxygen atoms in total. The molecule has 1 rings (SSSR count). The quantitative estimate of drug-likeness (QED) is 0.403. The van der Waals surface area contributed by atoms with E-state index in [9.17, 15) is 24.6 Å². The van der Waals surface area contributed by atoms with Gasteiger partial charge in [0.05, 0.1) is 11.1 Å². The number of rotatable bonds is 7. The molecule has 112 valence electrons. The van der Waals surface area contributed by atoms with Crippen molar-refractivity contribution < 1.29 is 29.7 Å². The number of aliphatic carboxylic acids is 1. The van der Waals surface area contributed by atoms with Gasteiger partial charge in [0.1, 0.15) is 11.5 Å². The van der Waals surface area contributed by atoms with Crippen LogP contribution in [0.3, 0.4) is 0 Å². The smallest absolute Gasteiger partial charge is 0.303 e. The standard InChI is InChI=1S/C15H16O6/c1-9(3-5-14(19)20)2-4-10-6-13(18)11(7-16)12(8-17)15(10)21/h2,6-8,18,21H,3-5H2,1H3,(H,19,20). The van der Waals surface area contributed by atoms with Crippen LogP contribution in [0.25, 0.3) is 0 Å². The maximum absolute atomic E-state index is 10.9. The number of benzene rings is 1. The number of carbonyl (C=O) groups is 3. The highest BCUT2D eigenvalue weighted by atomic mass is 16.4. The predicted molar refractivity (Wildman–Crippen MR) is 74.9 cm³/mol. The molecular formula is C15H16O6. The highest BCUT2D eigenvalue weighted by Crippen LogP contribution is 2.31. The molecule has 0 spiro atoms. The number of carbonyl (C=O) groups excluding carboxylic acids is 2. The van der Waals surface area contributed by atoms with Gasteiger partial charge < -0.3 is 15.3 Å². The molecule has 0 amide bonds. The summed E-state index contributed by atoms with van der Waals surface area (Å²) < 4.78 is 0. The molecule has 0 bridgehead atoms. The monoisotopic (exact) mass is 292 g/mol. The summed E-state index contributed by atoms with van der Waals surface area (Å²) in [6.07, 6.45) is 2.90. The zero-order chi connectivity index (χ0) is 16.0. The van der Waals surface area contributed by atoms with E-state index in [2.05, 4.69) is 0 Å². The van der Waals surface area contributed by atoms with E-state index in [-0.39, 0.29) is 41.0 Å². The summed E-state index contributed by atoms with van der Waals surface area (Å²) in [5, 5.41) is 28.2. The number of phenols is 2. The van der Waals surface area contributed by atoms with E-state index >= 15 is 0 Å². The maximum atomic E-state index is 10.9. The van der Waals surface area contributed by atoms with Crippen LogP contribution in [0, 0.1) is 0 Å². The highest BCUT2D eigenvalue weighted by Gasteiger charge is 2.16. The summed E-state index contributed by atoms with van der Waals surface area (Å²) in [6.45, 7) is 1.75. The Bertz CT molecular complexity index is 601. The van der Waals surface area contributed by atoms with Crippen LogP contribution in [-0.2, 0) is 11.2 Å². The van der Waals surface area contributed by atoms with E-state index < -0.39 is 5.97 Å². The lowest BCUT2D eigenvalue weighted by molar-refractivity contribution is -0.136. The van der Waals surface area contributed by atoms with Gasteiger partial charge in [0.2, 0.25) is 0 Å². The number of carboxylic acids is 1. The van der Waals surface area contributed by atoms with Gasteiger partial charge in [-0.25, -0.2) is 0 Å². The minimum Gasteiger partial charge on any atom is -0.507 e. The molecule has 0 unspecified atom stereocenters. The first-order valence-corrected chi connectivity index (χ1v) is 6.26.